The molecule has 0 bridgehead atoms. The lowest BCUT2D eigenvalue weighted by Gasteiger charge is -2.09. The van der Waals surface area contributed by atoms with Crippen molar-refractivity contribution in [3.8, 4) is 16.9 Å². The highest BCUT2D eigenvalue weighted by Crippen LogP contribution is 2.30. The van der Waals surface area contributed by atoms with E-state index >= 15 is 0 Å². The maximum Gasteiger partial charge on any atom is 0.294 e. The molecule has 31 heavy (non-hydrogen) atoms. The molecule has 4 aromatic rings. The van der Waals surface area contributed by atoms with Crippen LogP contribution < -0.4 is 10.1 Å². The fraction of sp³-hybridized carbons (Fsp3) is 0.120. The number of rotatable bonds is 7. The number of amides is 1. The highest BCUT2D eigenvalue weighted by Gasteiger charge is 2.24. The Bertz CT molecular complexity index is 1250. The van der Waals surface area contributed by atoms with Crippen LogP contribution in [0.5, 0.6) is 5.75 Å². The number of hydrogen-bond donors (Lipinski definition) is 1. The smallest absolute Gasteiger partial charge is 0.294 e. The second-order valence-electron chi connectivity index (χ2n) is 6.96. The van der Waals surface area contributed by atoms with Gasteiger partial charge in [0.05, 0.1) is 6.61 Å². The first-order valence-corrected chi connectivity index (χ1v) is 10.4. The van der Waals surface area contributed by atoms with Crippen LogP contribution in [0.4, 0.5) is 0 Å². The number of fused-ring (bicyclic) bond motifs is 1. The van der Waals surface area contributed by atoms with Crippen LogP contribution in [0.15, 0.2) is 79.0 Å². The van der Waals surface area contributed by atoms with Gasteiger partial charge in [0.2, 0.25) is 0 Å². The number of nitrogens with one attached hydrogen (secondary N) is 1. The molecule has 0 saturated heterocycles. The van der Waals surface area contributed by atoms with Gasteiger partial charge in [-0.2, -0.15) is 0 Å². The average molecular weight is 433 g/mol. The van der Waals surface area contributed by atoms with Crippen LogP contribution in [0.3, 0.4) is 0 Å². The Morgan fingerprint density at radius 3 is 2.48 bits per heavy atom. The molecule has 5 nitrogen and oxygen atoms in total. The Hall–Kier alpha value is -3.57. The van der Waals surface area contributed by atoms with Crippen LogP contribution in [-0.4, -0.2) is 22.7 Å². The molecule has 2 aromatic heterocycles. The molecule has 0 aliphatic carbocycles. The van der Waals surface area contributed by atoms with Crippen molar-refractivity contribution in [3.63, 3.8) is 0 Å². The van der Waals surface area contributed by atoms with E-state index in [1.807, 2.05) is 73.7 Å². The van der Waals surface area contributed by atoms with Crippen LogP contribution in [-0.2, 0) is 11.3 Å². The molecule has 156 valence electrons. The first-order valence-electron chi connectivity index (χ1n) is 9.97. The molecule has 0 unspecified atom stereocenters. The molecule has 1 N–H and O–H groups in total. The Balaban J connectivity index is 1.67. The minimum Gasteiger partial charge on any atom is -0.494 e. The van der Waals surface area contributed by atoms with Crippen LogP contribution in [0.2, 0.25) is 5.02 Å². The Morgan fingerprint density at radius 2 is 1.74 bits per heavy atom. The van der Waals surface area contributed by atoms with Crippen molar-refractivity contribution >= 4 is 28.8 Å². The van der Waals surface area contributed by atoms with Gasteiger partial charge in [-0.25, -0.2) is 0 Å². The number of ether oxygens (including phenoxy) is 1. The molecule has 0 fully saturated rings. The average Bonchev–Trinajstić information content (AvgIpc) is 3.18. The van der Waals surface area contributed by atoms with E-state index in [9.17, 15) is 9.59 Å². The van der Waals surface area contributed by atoms with Crippen LogP contribution in [0.25, 0.3) is 16.6 Å². The number of Topliss-reactive ketones (excluding diaryl/α,β-unsaturated/α-hetero) is 1. The number of aromatic nitrogens is 1. The Labute approximate surface area is 185 Å². The molecule has 0 aliphatic heterocycles. The van der Waals surface area contributed by atoms with Gasteiger partial charge in [0.15, 0.2) is 0 Å². The highest BCUT2D eigenvalue weighted by molar-refractivity contribution is 6.43. The van der Waals surface area contributed by atoms with E-state index in [4.69, 9.17) is 16.3 Å². The summed E-state index contributed by atoms with van der Waals surface area (Å²) in [5.74, 6) is -0.543. The summed E-state index contributed by atoms with van der Waals surface area (Å²) in [6.45, 7) is 2.67. The number of carbonyl (C=O) groups is 2. The first kappa shape index (κ1) is 20.7. The molecule has 2 aromatic carbocycles. The lowest BCUT2D eigenvalue weighted by atomic mass is 10.0. The zero-order valence-electron chi connectivity index (χ0n) is 17.0. The fourth-order valence-electron chi connectivity index (χ4n) is 3.48. The number of hydrogen-bond acceptors (Lipinski definition) is 3. The van der Waals surface area contributed by atoms with Crippen LogP contribution in [0, 0.1) is 0 Å². The maximum atomic E-state index is 13.2. The predicted octanol–water partition coefficient (Wildman–Crippen LogP) is 5.16. The lowest BCUT2D eigenvalue weighted by Crippen LogP contribution is -2.31. The number of ketones is 1. The molecule has 4 rings (SSSR count). The molecular formula is C25H21ClN2O3. The lowest BCUT2D eigenvalue weighted by molar-refractivity contribution is -0.117. The van der Waals surface area contributed by atoms with Gasteiger partial charge in [0.25, 0.3) is 11.7 Å². The molecule has 2 heterocycles. The van der Waals surface area contributed by atoms with Gasteiger partial charge in [0.1, 0.15) is 11.4 Å². The SMILES string of the molecule is CCOc1ccc(-c2cc3ccccn3c2C(=O)C(=O)NCc2ccccc2Cl)cc1. The number of halogens is 1. The van der Waals surface area contributed by atoms with Crippen molar-refractivity contribution in [2.24, 2.45) is 0 Å². The molecular weight excluding hydrogens is 412 g/mol. The van der Waals surface area contributed by atoms with E-state index in [0.29, 0.717) is 22.9 Å². The summed E-state index contributed by atoms with van der Waals surface area (Å²) in [5.41, 5.74) is 3.41. The zero-order valence-corrected chi connectivity index (χ0v) is 17.7. The minimum absolute atomic E-state index is 0.173. The van der Waals surface area contributed by atoms with Crippen LogP contribution >= 0.6 is 11.6 Å². The van der Waals surface area contributed by atoms with Gasteiger partial charge in [-0.3, -0.25) is 9.59 Å². The third-order valence-corrected chi connectivity index (χ3v) is 5.34. The standard InChI is InChI=1S/C25H21ClN2O3/c1-2-31-20-12-10-17(11-13-20)21-15-19-8-5-6-14-28(19)23(21)24(29)25(30)27-16-18-7-3-4-9-22(18)26/h3-15H,2,16H2,1H3,(H,27,30). The number of pyridine rings is 1. The fourth-order valence-corrected chi connectivity index (χ4v) is 3.68. The molecule has 0 atom stereocenters. The summed E-state index contributed by atoms with van der Waals surface area (Å²) >= 11 is 6.15. The molecule has 0 spiro atoms. The normalized spacial score (nSPS) is 10.8. The third-order valence-electron chi connectivity index (χ3n) is 4.97. The van der Waals surface area contributed by atoms with Crippen molar-refractivity contribution in [1.29, 1.82) is 0 Å². The second kappa shape index (κ2) is 9.06. The van der Waals surface area contributed by atoms with Crippen molar-refractivity contribution in [2.75, 3.05) is 6.61 Å². The van der Waals surface area contributed by atoms with Crippen LogP contribution in [0.1, 0.15) is 23.0 Å². The molecule has 0 radical (unpaired) electrons. The van der Waals surface area contributed by atoms with Gasteiger partial charge < -0.3 is 14.5 Å². The van der Waals surface area contributed by atoms with Gasteiger partial charge in [-0.1, -0.05) is 48.0 Å². The van der Waals surface area contributed by atoms with E-state index in [1.165, 1.54) is 0 Å². The van der Waals surface area contributed by atoms with Gasteiger partial charge in [0, 0.05) is 28.8 Å². The van der Waals surface area contributed by atoms with E-state index < -0.39 is 11.7 Å². The molecule has 0 saturated carbocycles. The predicted molar refractivity (Wildman–Crippen MR) is 122 cm³/mol. The van der Waals surface area contributed by atoms with E-state index in [1.54, 1.807) is 16.7 Å². The first-order chi connectivity index (χ1) is 15.1. The molecule has 6 heteroatoms. The highest BCUT2D eigenvalue weighted by atomic mass is 35.5. The van der Waals surface area contributed by atoms with Gasteiger partial charge in [-0.15, -0.1) is 0 Å². The monoisotopic (exact) mass is 432 g/mol. The second-order valence-corrected chi connectivity index (χ2v) is 7.37. The van der Waals surface area contributed by atoms with Gasteiger partial charge >= 0.3 is 0 Å². The number of benzene rings is 2. The topological polar surface area (TPSA) is 59.8 Å². The van der Waals surface area contributed by atoms with Crippen molar-refractivity contribution < 1.29 is 14.3 Å². The van der Waals surface area contributed by atoms with E-state index in [-0.39, 0.29) is 6.54 Å². The van der Waals surface area contributed by atoms with Gasteiger partial charge in [-0.05, 0) is 54.4 Å². The zero-order chi connectivity index (χ0) is 21.8. The number of nitrogens with zero attached hydrogens (tertiary/aromatic N) is 1. The summed E-state index contributed by atoms with van der Waals surface area (Å²) in [5, 5.41) is 3.23. The summed E-state index contributed by atoms with van der Waals surface area (Å²) in [6, 6.07) is 22.2. The maximum absolute atomic E-state index is 13.2. The molecule has 0 aliphatic rings. The quantitative estimate of drug-likeness (QED) is 0.324. The third kappa shape index (κ3) is 4.32. The summed E-state index contributed by atoms with van der Waals surface area (Å²) in [6.07, 6.45) is 1.78. The van der Waals surface area contributed by atoms with E-state index in [2.05, 4.69) is 5.32 Å². The summed E-state index contributed by atoms with van der Waals surface area (Å²) in [4.78, 5) is 26.0. The largest absolute Gasteiger partial charge is 0.494 e. The summed E-state index contributed by atoms with van der Waals surface area (Å²) < 4.78 is 7.25. The minimum atomic E-state index is -0.684. The Kier molecular flexibility index (Phi) is 6.05. The van der Waals surface area contributed by atoms with Crippen molar-refractivity contribution in [3.05, 3.63) is 95.3 Å². The summed E-state index contributed by atoms with van der Waals surface area (Å²) in [7, 11) is 0. The Morgan fingerprint density at radius 1 is 1.00 bits per heavy atom. The van der Waals surface area contributed by atoms with E-state index in [0.717, 1.165) is 22.4 Å². The number of carbonyl (C=O) groups excluding carboxylic acids is 2. The molecule has 1 amide bonds. The van der Waals surface area contributed by atoms with Crippen molar-refractivity contribution in [1.82, 2.24) is 9.72 Å². The van der Waals surface area contributed by atoms with Crippen molar-refractivity contribution in [2.45, 2.75) is 13.5 Å².